The number of aromatic nitrogens is 2. The summed E-state index contributed by atoms with van der Waals surface area (Å²) in [6.45, 7) is 2.04. The van der Waals surface area contributed by atoms with Crippen LogP contribution in [0.25, 0.3) is 5.69 Å². The minimum atomic E-state index is -0.693. The fourth-order valence-electron chi connectivity index (χ4n) is 3.92. The second-order valence-electron chi connectivity index (χ2n) is 8.03. The Kier molecular flexibility index (Phi) is 5.33. The summed E-state index contributed by atoms with van der Waals surface area (Å²) in [6, 6.07) is 16.0. The van der Waals surface area contributed by atoms with Gasteiger partial charge in [-0.15, -0.1) is 0 Å². The van der Waals surface area contributed by atoms with Gasteiger partial charge in [0.05, 0.1) is 11.8 Å². The van der Waals surface area contributed by atoms with Crippen molar-refractivity contribution in [1.82, 2.24) is 9.55 Å². The summed E-state index contributed by atoms with van der Waals surface area (Å²) in [5, 5.41) is 9.70. The van der Waals surface area contributed by atoms with E-state index in [2.05, 4.69) is 11.1 Å². The SMILES string of the molecule is Cc1ccc(-n2ccc(C(=O)Cc3ccc(C4(C#N)CCC(=O)CC4)nc3)c2)cc1. The average Bonchev–Trinajstić information content (AvgIpc) is 3.26. The minimum Gasteiger partial charge on any atom is -0.323 e. The Labute approximate surface area is 176 Å². The standard InChI is InChI=1S/C25H23N3O2/c1-18-2-5-21(6-3-18)28-13-10-20(16-28)23(30)14-19-4-7-24(27-15-19)25(17-26)11-8-22(29)9-12-25/h2-7,10,13,15-16H,8-9,11-12,14H2,1H3. The number of carbonyl (C=O) groups is 2. The number of nitriles is 1. The molecular formula is C25H23N3O2. The summed E-state index contributed by atoms with van der Waals surface area (Å²) in [4.78, 5) is 28.8. The van der Waals surface area contributed by atoms with Crippen LogP contribution in [0.2, 0.25) is 0 Å². The largest absolute Gasteiger partial charge is 0.323 e. The number of ketones is 2. The van der Waals surface area contributed by atoms with E-state index in [9.17, 15) is 14.9 Å². The Bertz CT molecular complexity index is 1110. The third kappa shape index (κ3) is 3.95. The highest BCUT2D eigenvalue weighted by Gasteiger charge is 2.37. The molecule has 1 aromatic carbocycles. The second-order valence-corrected chi connectivity index (χ2v) is 8.03. The van der Waals surface area contributed by atoms with Crippen LogP contribution < -0.4 is 0 Å². The maximum Gasteiger partial charge on any atom is 0.168 e. The quantitative estimate of drug-likeness (QED) is 0.594. The van der Waals surface area contributed by atoms with E-state index in [-0.39, 0.29) is 18.0 Å². The number of carbonyl (C=O) groups excluding carboxylic acids is 2. The monoisotopic (exact) mass is 397 g/mol. The van der Waals surface area contributed by atoms with Crippen LogP contribution in [0, 0.1) is 18.3 Å². The molecule has 1 aliphatic rings. The van der Waals surface area contributed by atoms with Crippen molar-refractivity contribution >= 4 is 11.6 Å². The van der Waals surface area contributed by atoms with Gasteiger partial charge in [-0.05, 0) is 49.6 Å². The van der Waals surface area contributed by atoms with E-state index in [1.54, 1.807) is 6.20 Å². The number of nitrogens with zero attached hydrogens (tertiary/aromatic N) is 3. The van der Waals surface area contributed by atoms with Crippen molar-refractivity contribution in [2.75, 3.05) is 0 Å². The van der Waals surface area contributed by atoms with Gasteiger partial charge in [0.15, 0.2) is 5.78 Å². The van der Waals surface area contributed by atoms with Crippen LogP contribution in [-0.4, -0.2) is 21.1 Å². The summed E-state index contributed by atoms with van der Waals surface area (Å²) in [7, 11) is 0. The molecule has 150 valence electrons. The Morgan fingerprint density at radius 2 is 1.87 bits per heavy atom. The highest BCUT2D eigenvalue weighted by Crippen LogP contribution is 2.36. The molecule has 0 unspecified atom stereocenters. The molecule has 5 heteroatoms. The normalized spacial score (nSPS) is 15.5. The first-order valence-corrected chi connectivity index (χ1v) is 10.2. The van der Waals surface area contributed by atoms with Gasteiger partial charge in [0.25, 0.3) is 0 Å². The molecular weight excluding hydrogens is 374 g/mol. The zero-order valence-electron chi connectivity index (χ0n) is 17.0. The van der Waals surface area contributed by atoms with Crippen molar-refractivity contribution in [2.24, 2.45) is 0 Å². The van der Waals surface area contributed by atoms with Gasteiger partial charge in [0, 0.05) is 49.1 Å². The number of hydrogen-bond donors (Lipinski definition) is 0. The first-order valence-electron chi connectivity index (χ1n) is 10.2. The molecule has 2 aromatic heterocycles. The molecule has 0 spiro atoms. The number of aryl methyl sites for hydroxylation is 1. The number of Topliss-reactive ketones (excluding diaryl/α,β-unsaturated/α-hetero) is 2. The van der Waals surface area contributed by atoms with Crippen molar-refractivity contribution in [3.05, 3.63) is 83.4 Å². The molecule has 4 rings (SSSR count). The Balaban J connectivity index is 1.46. The van der Waals surface area contributed by atoms with Crippen molar-refractivity contribution in [2.45, 2.75) is 44.4 Å². The number of hydrogen-bond acceptors (Lipinski definition) is 4. The molecule has 1 saturated carbocycles. The van der Waals surface area contributed by atoms with E-state index >= 15 is 0 Å². The van der Waals surface area contributed by atoms with Crippen LogP contribution in [0.5, 0.6) is 0 Å². The summed E-state index contributed by atoms with van der Waals surface area (Å²) in [6.07, 6.45) is 7.54. The number of rotatable bonds is 5. The molecule has 3 aromatic rings. The van der Waals surface area contributed by atoms with E-state index in [1.165, 1.54) is 5.56 Å². The third-order valence-corrected chi connectivity index (χ3v) is 5.90. The van der Waals surface area contributed by atoms with E-state index in [1.807, 2.05) is 66.3 Å². The summed E-state index contributed by atoms with van der Waals surface area (Å²) in [5.41, 5.74) is 3.67. The minimum absolute atomic E-state index is 0.0219. The molecule has 5 nitrogen and oxygen atoms in total. The molecule has 0 aliphatic heterocycles. The maximum atomic E-state index is 12.7. The van der Waals surface area contributed by atoms with Gasteiger partial charge in [0.2, 0.25) is 0 Å². The van der Waals surface area contributed by atoms with Crippen LogP contribution in [0.15, 0.2) is 61.1 Å². The van der Waals surface area contributed by atoms with Crippen LogP contribution in [0.1, 0.15) is 52.9 Å². The van der Waals surface area contributed by atoms with Crippen molar-refractivity contribution in [3.63, 3.8) is 0 Å². The van der Waals surface area contributed by atoms with Crippen LogP contribution in [0.4, 0.5) is 0 Å². The van der Waals surface area contributed by atoms with E-state index < -0.39 is 5.41 Å². The maximum absolute atomic E-state index is 12.7. The van der Waals surface area contributed by atoms with Gasteiger partial charge in [-0.2, -0.15) is 5.26 Å². The number of pyridine rings is 1. The smallest absolute Gasteiger partial charge is 0.168 e. The molecule has 0 N–H and O–H groups in total. The first kappa shape index (κ1) is 19.8. The predicted octanol–water partition coefficient (Wildman–Crippen LogP) is 4.51. The van der Waals surface area contributed by atoms with E-state index in [4.69, 9.17) is 0 Å². The molecule has 0 radical (unpaired) electrons. The average molecular weight is 397 g/mol. The van der Waals surface area contributed by atoms with Gasteiger partial charge in [-0.1, -0.05) is 23.8 Å². The Hall–Kier alpha value is -3.52. The van der Waals surface area contributed by atoms with Crippen LogP contribution >= 0.6 is 0 Å². The third-order valence-electron chi connectivity index (χ3n) is 5.90. The zero-order chi connectivity index (χ0) is 21.1. The molecule has 2 heterocycles. The fourth-order valence-corrected chi connectivity index (χ4v) is 3.92. The molecule has 0 bridgehead atoms. The predicted molar refractivity (Wildman–Crippen MR) is 114 cm³/mol. The lowest BCUT2D eigenvalue weighted by atomic mass is 9.72. The van der Waals surface area contributed by atoms with Crippen molar-refractivity contribution < 1.29 is 9.59 Å². The molecule has 1 fully saturated rings. The highest BCUT2D eigenvalue weighted by atomic mass is 16.1. The van der Waals surface area contributed by atoms with Gasteiger partial charge in [0.1, 0.15) is 11.2 Å². The topological polar surface area (TPSA) is 75.8 Å². The van der Waals surface area contributed by atoms with Gasteiger partial charge >= 0.3 is 0 Å². The fraction of sp³-hybridized carbons (Fsp3) is 0.280. The lowest BCUT2D eigenvalue weighted by Crippen LogP contribution is -2.31. The summed E-state index contributed by atoms with van der Waals surface area (Å²) in [5.74, 6) is 0.231. The Morgan fingerprint density at radius 1 is 1.13 bits per heavy atom. The molecule has 1 aliphatic carbocycles. The zero-order valence-corrected chi connectivity index (χ0v) is 17.0. The second kappa shape index (κ2) is 8.08. The summed E-state index contributed by atoms with van der Waals surface area (Å²) >= 11 is 0. The van der Waals surface area contributed by atoms with Crippen molar-refractivity contribution in [3.8, 4) is 11.8 Å². The Morgan fingerprint density at radius 3 is 2.50 bits per heavy atom. The van der Waals surface area contributed by atoms with Gasteiger partial charge in [-0.25, -0.2) is 0 Å². The van der Waals surface area contributed by atoms with Crippen LogP contribution in [0.3, 0.4) is 0 Å². The lowest BCUT2D eigenvalue weighted by molar-refractivity contribution is -0.121. The highest BCUT2D eigenvalue weighted by molar-refractivity contribution is 5.97. The number of benzene rings is 1. The van der Waals surface area contributed by atoms with E-state index in [0.29, 0.717) is 36.9 Å². The van der Waals surface area contributed by atoms with Gasteiger partial charge in [-0.3, -0.25) is 14.6 Å². The van der Waals surface area contributed by atoms with E-state index in [0.717, 1.165) is 11.3 Å². The van der Waals surface area contributed by atoms with Crippen molar-refractivity contribution in [1.29, 1.82) is 5.26 Å². The summed E-state index contributed by atoms with van der Waals surface area (Å²) < 4.78 is 1.94. The van der Waals surface area contributed by atoms with Crippen LogP contribution in [-0.2, 0) is 16.6 Å². The molecule has 0 atom stereocenters. The molecule has 30 heavy (non-hydrogen) atoms. The first-order chi connectivity index (χ1) is 14.5. The lowest BCUT2D eigenvalue weighted by Gasteiger charge is -2.29. The van der Waals surface area contributed by atoms with Gasteiger partial charge < -0.3 is 4.57 Å². The molecule has 0 amide bonds. The molecule has 0 saturated heterocycles.